The van der Waals surface area contributed by atoms with Crippen molar-refractivity contribution >= 4 is 33.3 Å². The Morgan fingerprint density at radius 2 is 1.92 bits per heavy atom. The molecule has 0 fully saturated rings. The third-order valence-electron chi connectivity index (χ3n) is 3.57. The molecule has 2 amide bonds. The summed E-state index contributed by atoms with van der Waals surface area (Å²) < 4.78 is 2.65. The molecule has 6 heteroatoms. The van der Waals surface area contributed by atoms with Gasteiger partial charge in [-0.15, -0.1) is 0 Å². The van der Waals surface area contributed by atoms with Crippen molar-refractivity contribution in [3.63, 3.8) is 0 Å². The van der Waals surface area contributed by atoms with Crippen molar-refractivity contribution in [2.45, 2.75) is 6.92 Å². The zero-order chi connectivity index (χ0) is 17.1. The van der Waals surface area contributed by atoms with Gasteiger partial charge in [-0.1, -0.05) is 30.3 Å². The van der Waals surface area contributed by atoms with Crippen molar-refractivity contribution in [2.24, 2.45) is 7.05 Å². The number of rotatable bonds is 3. The van der Waals surface area contributed by atoms with Gasteiger partial charge in [0.25, 0.3) is 0 Å². The molecule has 5 nitrogen and oxygen atoms in total. The molecule has 0 unspecified atom stereocenters. The van der Waals surface area contributed by atoms with E-state index in [0.29, 0.717) is 5.69 Å². The highest BCUT2D eigenvalue weighted by atomic mass is 79.9. The minimum atomic E-state index is -0.276. The van der Waals surface area contributed by atoms with Crippen LogP contribution in [0.4, 0.5) is 16.2 Å². The van der Waals surface area contributed by atoms with E-state index in [1.165, 1.54) is 0 Å². The smallest absolute Gasteiger partial charge is 0.308 e. The molecule has 24 heavy (non-hydrogen) atoms. The van der Waals surface area contributed by atoms with Crippen molar-refractivity contribution < 1.29 is 4.79 Å². The molecule has 2 N–H and O–H groups in total. The van der Waals surface area contributed by atoms with Gasteiger partial charge < -0.3 is 10.6 Å². The molecule has 3 aromatic rings. The summed E-state index contributed by atoms with van der Waals surface area (Å²) in [6.07, 6.45) is 1.89. The maximum absolute atomic E-state index is 12.2. The highest BCUT2D eigenvalue weighted by molar-refractivity contribution is 9.10. The van der Waals surface area contributed by atoms with E-state index in [4.69, 9.17) is 0 Å². The van der Waals surface area contributed by atoms with E-state index >= 15 is 0 Å². The number of carbonyl (C=O) groups is 1. The molecule has 0 aliphatic heterocycles. The number of aryl methyl sites for hydroxylation is 2. The molecule has 122 valence electrons. The van der Waals surface area contributed by atoms with Crippen molar-refractivity contribution in [1.82, 2.24) is 9.78 Å². The summed E-state index contributed by atoms with van der Waals surface area (Å²) in [5.41, 5.74) is 4.27. The molecule has 2 aromatic carbocycles. The van der Waals surface area contributed by atoms with Crippen LogP contribution >= 0.6 is 15.9 Å². The SMILES string of the molecule is Cc1ccccc1NC(=O)Nc1cccc(-c2nn(C)cc2Br)c1. The molecule has 3 rings (SSSR count). The van der Waals surface area contributed by atoms with Gasteiger partial charge in [-0.2, -0.15) is 5.10 Å². The third-order valence-corrected chi connectivity index (χ3v) is 4.15. The van der Waals surface area contributed by atoms with Gasteiger partial charge in [0.2, 0.25) is 0 Å². The first kappa shape index (κ1) is 16.3. The van der Waals surface area contributed by atoms with Crippen LogP contribution in [0.25, 0.3) is 11.3 Å². The van der Waals surface area contributed by atoms with Crippen LogP contribution in [0.3, 0.4) is 0 Å². The highest BCUT2D eigenvalue weighted by Gasteiger charge is 2.10. The summed E-state index contributed by atoms with van der Waals surface area (Å²) in [6, 6.07) is 15.0. The Morgan fingerprint density at radius 3 is 2.62 bits per heavy atom. The number of benzene rings is 2. The zero-order valence-electron chi connectivity index (χ0n) is 13.4. The van der Waals surface area contributed by atoms with Crippen molar-refractivity contribution in [2.75, 3.05) is 10.6 Å². The van der Waals surface area contributed by atoms with Crippen LogP contribution in [0.2, 0.25) is 0 Å². The maximum atomic E-state index is 12.2. The predicted octanol–water partition coefficient (Wildman–Crippen LogP) is 4.80. The molecule has 1 heterocycles. The number of nitrogens with zero attached hydrogens (tertiary/aromatic N) is 2. The van der Waals surface area contributed by atoms with Gasteiger partial charge in [-0.3, -0.25) is 4.68 Å². The number of anilines is 2. The summed E-state index contributed by atoms with van der Waals surface area (Å²) in [5, 5.41) is 10.1. The van der Waals surface area contributed by atoms with E-state index < -0.39 is 0 Å². The van der Waals surface area contributed by atoms with Crippen molar-refractivity contribution in [1.29, 1.82) is 0 Å². The van der Waals surface area contributed by atoms with Gasteiger partial charge in [0.15, 0.2) is 0 Å². The van der Waals surface area contributed by atoms with Gasteiger partial charge in [-0.05, 0) is 46.6 Å². The Morgan fingerprint density at radius 1 is 1.12 bits per heavy atom. The van der Waals surface area contributed by atoms with Crippen LogP contribution < -0.4 is 10.6 Å². The fourth-order valence-corrected chi connectivity index (χ4v) is 3.00. The lowest BCUT2D eigenvalue weighted by Gasteiger charge is -2.10. The summed E-state index contributed by atoms with van der Waals surface area (Å²) in [6.45, 7) is 1.95. The molecule has 0 saturated carbocycles. The minimum Gasteiger partial charge on any atom is -0.308 e. The van der Waals surface area contributed by atoms with E-state index in [1.807, 2.05) is 68.7 Å². The number of hydrogen-bond acceptors (Lipinski definition) is 2. The lowest BCUT2D eigenvalue weighted by molar-refractivity contribution is 0.262. The normalized spacial score (nSPS) is 10.5. The molecule has 0 atom stereocenters. The predicted molar refractivity (Wildman–Crippen MR) is 100 cm³/mol. The second-order valence-corrected chi connectivity index (χ2v) is 6.33. The molecule has 0 bridgehead atoms. The Labute approximate surface area is 148 Å². The van der Waals surface area contributed by atoms with Gasteiger partial charge in [-0.25, -0.2) is 4.79 Å². The molecule has 0 radical (unpaired) electrons. The van der Waals surface area contributed by atoms with Crippen molar-refractivity contribution in [3.05, 3.63) is 64.8 Å². The van der Waals surface area contributed by atoms with Crippen LogP contribution in [0.15, 0.2) is 59.2 Å². The lowest BCUT2D eigenvalue weighted by Crippen LogP contribution is -2.19. The highest BCUT2D eigenvalue weighted by Crippen LogP contribution is 2.28. The van der Waals surface area contributed by atoms with Crippen LogP contribution in [0.5, 0.6) is 0 Å². The van der Waals surface area contributed by atoms with E-state index in [9.17, 15) is 4.79 Å². The molecule has 0 saturated heterocycles. The Balaban J connectivity index is 1.76. The fourth-order valence-electron chi connectivity index (χ4n) is 2.40. The molecular formula is C18H17BrN4O. The molecule has 0 aliphatic rings. The van der Waals surface area contributed by atoms with E-state index in [-0.39, 0.29) is 6.03 Å². The zero-order valence-corrected chi connectivity index (χ0v) is 15.0. The van der Waals surface area contributed by atoms with Crippen LogP contribution in [-0.2, 0) is 7.05 Å². The summed E-state index contributed by atoms with van der Waals surface area (Å²) >= 11 is 3.50. The fraction of sp³-hybridized carbons (Fsp3) is 0.111. The second kappa shape index (κ2) is 6.88. The van der Waals surface area contributed by atoms with E-state index in [2.05, 4.69) is 31.7 Å². The number of hydrogen-bond donors (Lipinski definition) is 2. The van der Waals surface area contributed by atoms with E-state index in [1.54, 1.807) is 4.68 Å². The standard InChI is InChI=1S/C18H17BrN4O/c1-12-6-3-4-9-16(12)21-18(24)20-14-8-5-7-13(10-14)17-15(19)11-23(2)22-17/h3-11H,1-2H3,(H2,20,21,24). The van der Waals surface area contributed by atoms with Crippen LogP contribution in [0.1, 0.15) is 5.56 Å². The van der Waals surface area contributed by atoms with Gasteiger partial charge in [0.1, 0.15) is 5.69 Å². The van der Waals surface area contributed by atoms with Gasteiger partial charge >= 0.3 is 6.03 Å². The summed E-state index contributed by atoms with van der Waals surface area (Å²) in [4.78, 5) is 12.2. The maximum Gasteiger partial charge on any atom is 0.323 e. The number of carbonyl (C=O) groups excluding carboxylic acids is 1. The van der Waals surface area contributed by atoms with Crippen LogP contribution in [0, 0.1) is 6.92 Å². The number of amides is 2. The average Bonchev–Trinajstić information content (AvgIpc) is 2.88. The molecule has 1 aromatic heterocycles. The third kappa shape index (κ3) is 3.65. The second-order valence-electron chi connectivity index (χ2n) is 5.47. The minimum absolute atomic E-state index is 0.276. The number of nitrogens with one attached hydrogen (secondary N) is 2. The number of halogens is 1. The molecular weight excluding hydrogens is 368 g/mol. The Kier molecular flexibility index (Phi) is 4.66. The Bertz CT molecular complexity index is 888. The quantitative estimate of drug-likeness (QED) is 0.680. The lowest BCUT2D eigenvalue weighted by atomic mass is 10.1. The summed E-state index contributed by atoms with van der Waals surface area (Å²) in [7, 11) is 1.87. The van der Waals surface area contributed by atoms with Crippen molar-refractivity contribution in [3.8, 4) is 11.3 Å². The topological polar surface area (TPSA) is 59.0 Å². The van der Waals surface area contributed by atoms with E-state index in [0.717, 1.165) is 27.0 Å². The van der Waals surface area contributed by atoms with Gasteiger partial charge in [0.05, 0.1) is 4.47 Å². The number of urea groups is 1. The first-order chi connectivity index (χ1) is 11.5. The number of aromatic nitrogens is 2. The average molecular weight is 385 g/mol. The van der Waals surface area contributed by atoms with Gasteiger partial charge in [0, 0.05) is 30.2 Å². The summed E-state index contributed by atoms with van der Waals surface area (Å²) in [5.74, 6) is 0. The largest absolute Gasteiger partial charge is 0.323 e. The number of para-hydroxylation sites is 1. The Hall–Kier alpha value is -2.60. The monoisotopic (exact) mass is 384 g/mol. The first-order valence-electron chi connectivity index (χ1n) is 7.46. The van der Waals surface area contributed by atoms with Crippen LogP contribution in [-0.4, -0.2) is 15.8 Å². The first-order valence-corrected chi connectivity index (χ1v) is 8.25. The molecule has 0 aliphatic carbocycles. The molecule has 0 spiro atoms.